The summed E-state index contributed by atoms with van der Waals surface area (Å²) in [5, 5.41) is 26.2. The van der Waals surface area contributed by atoms with Crippen molar-refractivity contribution >= 4 is 11.9 Å². The van der Waals surface area contributed by atoms with Crippen molar-refractivity contribution in [3.63, 3.8) is 0 Å². The van der Waals surface area contributed by atoms with Gasteiger partial charge in [-0.2, -0.15) is 9.78 Å². The Kier molecular flexibility index (Phi) is 7.85. The van der Waals surface area contributed by atoms with Gasteiger partial charge >= 0.3 is 5.97 Å². The lowest BCUT2D eigenvalue weighted by Crippen LogP contribution is -2.32. The molecule has 3 rings (SSSR count). The van der Waals surface area contributed by atoms with E-state index in [4.69, 9.17) is 4.74 Å². The molecule has 0 aliphatic carbocycles. The molecule has 0 aliphatic heterocycles. The molecule has 186 valence electrons. The number of para-hydroxylation sites is 1. The minimum atomic E-state index is -1.24. The molecule has 2 atom stereocenters. The minimum absolute atomic E-state index is 0.00144. The van der Waals surface area contributed by atoms with Crippen LogP contribution in [0.2, 0.25) is 0 Å². The van der Waals surface area contributed by atoms with E-state index >= 15 is 0 Å². The summed E-state index contributed by atoms with van der Waals surface area (Å²) >= 11 is 0. The van der Waals surface area contributed by atoms with Crippen LogP contribution >= 0.6 is 0 Å². The molecular formula is C25H27F2N3O5. The molecule has 0 bridgehead atoms. The van der Waals surface area contributed by atoms with Crippen LogP contribution in [0, 0.1) is 17.0 Å². The molecule has 3 N–H and O–H groups in total. The van der Waals surface area contributed by atoms with Crippen LogP contribution in [-0.4, -0.2) is 44.6 Å². The third-order valence-electron chi connectivity index (χ3n) is 5.34. The van der Waals surface area contributed by atoms with Gasteiger partial charge in [-0.15, -0.1) is 0 Å². The molecule has 0 saturated carbocycles. The second-order valence-corrected chi connectivity index (χ2v) is 9.07. The Morgan fingerprint density at radius 2 is 1.71 bits per heavy atom. The first-order valence-electron chi connectivity index (χ1n) is 10.9. The molecule has 0 radical (unpaired) electrons. The molecule has 0 fully saturated rings. The van der Waals surface area contributed by atoms with E-state index in [1.165, 1.54) is 42.5 Å². The Morgan fingerprint density at radius 3 is 2.31 bits per heavy atom. The standard InChI is InChI=1S/C25H27F2N3O5/c1-25(2,3)21(31)14-35-22-12-19(29-30(22)20-11-7-6-10-17(20)27)24(34)28-18(13-23(32)33)15-8-4-5-9-16(15)26/h4-12,18,21,31H,13-14H2,1-3H3,(H,28,34)(H,32,33)/t18-,21-/m0/s1. The highest BCUT2D eigenvalue weighted by atomic mass is 19.1. The third kappa shape index (κ3) is 6.42. The molecule has 10 heteroatoms. The van der Waals surface area contributed by atoms with Crippen LogP contribution in [0.3, 0.4) is 0 Å². The maximum Gasteiger partial charge on any atom is 0.305 e. The van der Waals surface area contributed by atoms with E-state index < -0.39 is 47.5 Å². The summed E-state index contributed by atoms with van der Waals surface area (Å²) in [5.41, 5.74) is -0.697. The number of carbonyl (C=O) groups excluding carboxylic acids is 1. The SMILES string of the molecule is CC(C)(C)[C@@H](O)COc1cc(C(=O)N[C@@H](CC(=O)O)c2ccccc2F)nn1-c1ccccc1F. The second kappa shape index (κ2) is 10.6. The average molecular weight is 488 g/mol. The number of benzene rings is 2. The van der Waals surface area contributed by atoms with Crippen LogP contribution in [0.1, 0.15) is 49.3 Å². The monoisotopic (exact) mass is 487 g/mol. The lowest BCUT2D eigenvalue weighted by Gasteiger charge is -2.25. The molecule has 1 amide bonds. The van der Waals surface area contributed by atoms with E-state index in [2.05, 4.69) is 10.4 Å². The predicted octanol–water partition coefficient (Wildman–Crippen LogP) is 3.88. The van der Waals surface area contributed by atoms with Crippen LogP contribution in [0.15, 0.2) is 54.6 Å². The van der Waals surface area contributed by atoms with E-state index in [0.29, 0.717) is 0 Å². The fourth-order valence-corrected chi connectivity index (χ4v) is 3.19. The number of ether oxygens (including phenoxy) is 1. The number of aromatic nitrogens is 2. The summed E-state index contributed by atoms with van der Waals surface area (Å²) in [4.78, 5) is 24.3. The van der Waals surface area contributed by atoms with Gasteiger partial charge in [0.25, 0.3) is 5.91 Å². The summed E-state index contributed by atoms with van der Waals surface area (Å²) in [6.45, 7) is 5.31. The zero-order valence-corrected chi connectivity index (χ0v) is 19.5. The molecule has 8 nitrogen and oxygen atoms in total. The topological polar surface area (TPSA) is 114 Å². The number of nitrogens with zero attached hydrogens (tertiary/aromatic N) is 2. The maximum absolute atomic E-state index is 14.5. The maximum atomic E-state index is 14.5. The summed E-state index contributed by atoms with van der Waals surface area (Å²) in [6, 6.07) is 11.3. The smallest absolute Gasteiger partial charge is 0.305 e. The normalized spacial score (nSPS) is 13.2. The van der Waals surface area contributed by atoms with Gasteiger partial charge in [0.05, 0.1) is 18.6 Å². The fraction of sp³-hybridized carbons (Fsp3) is 0.320. The van der Waals surface area contributed by atoms with Gasteiger partial charge in [0.1, 0.15) is 23.9 Å². The van der Waals surface area contributed by atoms with Crippen molar-refractivity contribution in [1.29, 1.82) is 0 Å². The van der Waals surface area contributed by atoms with Crippen molar-refractivity contribution in [2.75, 3.05) is 6.61 Å². The van der Waals surface area contributed by atoms with Crippen molar-refractivity contribution in [3.8, 4) is 11.6 Å². The Balaban J connectivity index is 1.94. The molecule has 2 aromatic carbocycles. The molecular weight excluding hydrogens is 460 g/mol. The summed E-state index contributed by atoms with van der Waals surface area (Å²) in [7, 11) is 0. The first-order valence-corrected chi connectivity index (χ1v) is 10.9. The largest absolute Gasteiger partial charge is 0.481 e. The molecule has 1 aromatic heterocycles. The number of carboxylic acid groups (broad SMARTS) is 1. The molecule has 1 heterocycles. The first kappa shape index (κ1) is 25.8. The number of aliphatic hydroxyl groups excluding tert-OH is 1. The molecule has 3 aromatic rings. The number of nitrogens with one attached hydrogen (secondary N) is 1. The Hall–Kier alpha value is -3.79. The minimum Gasteiger partial charge on any atom is -0.481 e. The summed E-state index contributed by atoms with van der Waals surface area (Å²) < 4.78 is 35.6. The van der Waals surface area contributed by atoms with Crippen molar-refractivity contribution in [3.05, 3.63) is 77.5 Å². The van der Waals surface area contributed by atoms with Gasteiger partial charge in [0.15, 0.2) is 5.69 Å². The Morgan fingerprint density at radius 1 is 1.09 bits per heavy atom. The van der Waals surface area contributed by atoms with Crippen molar-refractivity contribution in [1.82, 2.24) is 15.1 Å². The summed E-state index contributed by atoms with van der Waals surface area (Å²) in [6.07, 6.45) is -1.44. The number of amides is 1. The molecule has 0 saturated heterocycles. The molecule has 35 heavy (non-hydrogen) atoms. The predicted molar refractivity (Wildman–Crippen MR) is 123 cm³/mol. The van der Waals surface area contributed by atoms with E-state index in [9.17, 15) is 28.6 Å². The van der Waals surface area contributed by atoms with Crippen LogP contribution in [0.5, 0.6) is 5.88 Å². The van der Waals surface area contributed by atoms with Crippen LogP contribution in [0.25, 0.3) is 5.69 Å². The average Bonchev–Trinajstić information content (AvgIpc) is 3.21. The number of aliphatic carboxylic acids is 1. The van der Waals surface area contributed by atoms with E-state index in [1.54, 1.807) is 6.07 Å². The number of hydrogen-bond acceptors (Lipinski definition) is 5. The van der Waals surface area contributed by atoms with Crippen LogP contribution in [0.4, 0.5) is 8.78 Å². The zero-order valence-electron chi connectivity index (χ0n) is 19.5. The van der Waals surface area contributed by atoms with Gasteiger partial charge in [0, 0.05) is 11.6 Å². The second-order valence-electron chi connectivity index (χ2n) is 9.07. The number of aliphatic hydroxyl groups is 1. The van der Waals surface area contributed by atoms with Crippen molar-refractivity contribution in [2.45, 2.75) is 39.3 Å². The van der Waals surface area contributed by atoms with Crippen molar-refractivity contribution < 1.29 is 33.3 Å². The lowest BCUT2D eigenvalue weighted by atomic mass is 9.90. The highest BCUT2D eigenvalue weighted by molar-refractivity contribution is 5.93. The Bertz CT molecular complexity index is 1210. The first-order chi connectivity index (χ1) is 16.5. The van der Waals surface area contributed by atoms with E-state index in [1.807, 2.05) is 20.8 Å². The fourth-order valence-electron chi connectivity index (χ4n) is 3.19. The number of hydrogen-bond donors (Lipinski definition) is 3. The highest BCUT2D eigenvalue weighted by Crippen LogP contribution is 2.26. The quantitative estimate of drug-likeness (QED) is 0.422. The van der Waals surface area contributed by atoms with Gasteiger partial charge in [-0.1, -0.05) is 51.1 Å². The van der Waals surface area contributed by atoms with E-state index in [0.717, 1.165) is 10.7 Å². The number of carbonyl (C=O) groups is 2. The van der Waals surface area contributed by atoms with E-state index in [-0.39, 0.29) is 29.4 Å². The van der Waals surface area contributed by atoms with Gasteiger partial charge < -0.3 is 20.3 Å². The van der Waals surface area contributed by atoms with Gasteiger partial charge in [-0.3, -0.25) is 9.59 Å². The zero-order chi connectivity index (χ0) is 25.8. The van der Waals surface area contributed by atoms with Gasteiger partial charge in [-0.05, 0) is 23.6 Å². The number of halogens is 2. The highest BCUT2D eigenvalue weighted by Gasteiger charge is 2.27. The lowest BCUT2D eigenvalue weighted by molar-refractivity contribution is -0.137. The molecule has 0 unspecified atom stereocenters. The Labute approximate surface area is 201 Å². The number of rotatable bonds is 9. The van der Waals surface area contributed by atoms with Crippen LogP contribution in [-0.2, 0) is 4.79 Å². The van der Waals surface area contributed by atoms with Gasteiger partial charge in [-0.25, -0.2) is 8.78 Å². The van der Waals surface area contributed by atoms with Crippen molar-refractivity contribution in [2.24, 2.45) is 5.41 Å². The van der Waals surface area contributed by atoms with Crippen LogP contribution < -0.4 is 10.1 Å². The third-order valence-corrected chi connectivity index (χ3v) is 5.34. The van der Waals surface area contributed by atoms with Gasteiger partial charge in [0.2, 0.25) is 5.88 Å². The molecule has 0 spiro atoms. The molecule has 0 aliphatic rings. The summed E-state index contributed by atoms with van der Waals surface area (Å²) in [5.74, 6) is -3.36. The number of carboxylic acids is 1.